The molecule has 230 valence electrons. The Balaban J connectivity index is 6.87. The first-order chi connectivity index (χ1) is 16.0. The first-order valence-corrected chi connectivity index (χ1v) is 9.41. The molecule has 1 N–H and O–H groups in total. The Bertz CT molecular complexity index is 965. The Labute approximate surface area is 193 Å². The standard InChI is InChI=1S/C12H5F21O4S/c13-3(14,1-2-37-38(34,35)36)4(15,16)5(17,18)6(19,20)7(21,22)8(23,24)9(25,26)10(27,28)11(29,30)12(31,32)33/h1-2H2,(H,34,35,36). The maximum absolute atomic E-state index is 13.5. The molecule has 0 aliphatic carbocycles. The van der Waals surface area contributed by atoms with Crippen LogP contribution in [-0.2, 0) is 14.6 Å². The quantitative estimate of drug-likeness (QED) is 0.196. The van der Waals surface area contributed by atoms with Crippen LogP contribution in [0.5, 0.6) is 0 Å². The predicted molar refractivity (Wildman–Crippen MR) is 72.7 cm³/mol. The van der Waals surface area contributed by atoms with Crippen LogP contribution in [0.2, 0.25) is 0 Å². The summed E-state index contributed by atoms with van der Waals surface area (Å²) in [5, 5.41) is 0. The molecule has 0 aliphatic heterocycles. The first kappa shape index (κ1) is 36.4. The molecule has 0 bridgehead atoms. The van der Waals surface area contributed by atoms with E-state index in [1.54, 1.807) is 0 Å². The van der Waals surface area contributed by atoms with Crippen LogP contribution < -0.4 is 0 Å². The zero-order chi connectivity index (χ0) is 31.6. The van der Waals surface area contributed by atoms with E-state index in [2.05, 4.69) is 4.18 Å². The van der Waals surface area contributed by atoms with Crippen LogP contribution in [0, 0.1) is 0 Å². The van der Waals surface area contributed by atoms with E-state index in [1.165, 1.54) is 0 Å². The highest BCUT2D eigenvalue weighted by Gasteiger charge is 2.97. The molecule has 0 fully saturated rings. The second-order valence-electron chi connectivity index (χ2n) is 6.80. The van der Waals surface area contributed by atoms with Gasteiger partial charge in [0, 0.05) is 6.42 Å². The molecular formula is C12H5F21O4S. The Morgan fingerprint density at radius 1 is 0.447 bits per heavy atom. The summed E-state index contributed by atoms with van der Waals surface area (Å²) in [7, 11) is -5.88. The van der Waals surface area contributed by atoms with E-state index in [0.717, 1.165) is 0 Å². The first-order valence-electron chi connectivity index (χ1n) is 8.04. The summed E-state index contributed by atoms with van der Waals surface area (Å²) in [6.45, 7) is -2.59. The van der Waals surface area contributed by atoms with E-state index in [-0.39, 0.29) is 0 Å². The molecule has 0 heterocycles. The lowest BCUT2D eigenvalue weighted by Gasteiger charge is -2.44. The lowest BCUT2D eigenvalue weighted by molar-refractivity contribution is -0.474. The van der Waals surface area contributed by atoms with Gasteiger partial charge in [-0.1, -0.05) is 0 Å². The fraction of sp³-hybridized carbons (Fsp3) is 1.00. The predicted octanol–water partition coefficient (Wildman–Crippen LogP) is 6.48. The van der Waals surface area contributed by atoms with Crippen LogP contribution in [0.4, 0.5) is 92.2 Å². The maximum Gasteiger partial charge on any atom is 0.460 e. The highest BCUT2D eigenvalue weighted by molar-refractivity contribution is 7.80. The Morgan fingerprint density at radius 2 is 0.684 bits per heavy atom. The van der Waals surface area contributed by atoms with E-state index < -0.39 is 82.9 Å². The summed E-state index contributed by atoms with van der Waals surface area (Å²) >= 11 is 0. The zero-order valence-electron chi connectivity index (χ0n) is 16.4. The maximum atomic E-state index is 13.5. The third-order valence-corrected chi connectivity index (χ3v) is 4.69. The van der Waals surface area contributed by atoms with Gasteiger partial charge in [0.05, 0.1) is 6.61 Å². The molecular weight excluding hydrogens is 639 g/mol. The SMILES string of the molecule is O=S(=O)(O)OCCC(F)(F)C(F)(F)C(F)(F)C(F)(F)C(F)(F)C(F)(F)C(F)(F)C(F)(F)C(F)(F)C(F)(F)F. The van der Waals surface area contributed by atoms with Gasteiger partial charge in [-0.2, -0.15) is 101 Å². The van der Waals surface area contributed by atoms with Crippen molar-refractivity contribution in [1.29, 1.82) is 0 Å². The number of alkyl halides is 21. The summed E-state index contributed by atoms with van der Waals surface area (Å²) in [5.74, 6) is -78.3. The molecule has 26 heteroatoms. The average Bonchev–Trinajstić information content (AvgIpc) is 2.64. The molecule has 0 aliphatic rings. The monoisotopic (exact) mass is 644 g/mol. The van der Waals surface area contributed by atoms with E-state index in [0.29, 0.717) is 0 Å². The molecule has 0 rings (SSSR count). The molecule has 0 amide bonds. The van der Waals surface area contributed by atoms with E-state index in [4.69, 9.17) is 4.55 Å². The van der Waals surface area contributed by atoms with Gasteiger partial charge in [-0.3, -0.25) is 4.55 Å². The number of hydrogen-bond acceptors (Lipinski definition) is 3. The van der Waals surface area contributed by atoms with Crippen molar-refractivity contribution < 1.29 is 109 Å². The van der Waals surface area contributed by atoms with Gasteiger partial charge in [-0.05, 0) is 0 Å². The number of rotatable bonds is 12. The summed E-state index contributed by atoms with van der Waals surface area (Å²) in [5.41, 5.74) is 0. The Hall–Kier alpha value is -1.60. The van der Waals surface area contributed by atoms with Crippen molar-refractivity contribution in [3.8, 4) is 0 Å². The minimum Gasteiger partial charge on any atom is -0.264 e. The normalized spacial score (nSPS) is 16.7. The Morgan fingerprint density at radius 3 is 0.921 bits per heavy atom. The summed E-state index contributed by atoms with van der Waals surface area (Å²) in [6.07, 6.45) is -11.4. The number of halogens is 21. The molecule has 4 nitrogen and oxygen atoms in total. The van der Waals surface area contributed by atoms with Gasteiger partial charge in [-0.15, -0.1) is 0 Å². The minimum absolute atomic E-state index is 2.59. The molecule has 0 aromatic rings. The van der Waals surface area contributed by atoms with Crippen molar-refractivity contribution in [2.75, 3.05) is 6.61 Å². The van der Waals surface area contributed by atoms with E-state index in [1.807, 2.05) is 0 Å². The summed E-state index contributed by atoms with van der Waals surface area (Å²) in [4.78, 5) is 0. The third-order valence-electron chi connectivity index (χ3n) is 4.22. The van der Waals surface area contributed by atoms with Crippen molar-refractivity contribution in [3.05, 3.63) is 0 Å². The van der Waals surface area contributed by atoms with Crippen LogP contribution in [0.3, 0.4) is 0 Å². The summed E-state index contributed by atoms with van der Waals surface area (Å²) in [6, 6.07) is 0. The molecule has 0 unspecified atom stereocenters. The van der Waals surface area contributed by atoms with Gasteiger partial charge in [0.25, 0.3) is 0 Å². The minimum atomic E-state index is -9.27. The van der Waals surface area contributed by atoms with E-state index in [9.17, 15) is 101 Å². The van der Waals surface area contributed by atoms with Crippen LogP contribution in [0.1, 0.15) is 6.42 Å². The summed E-state index contributed by atoms with van der Waals surface area (Å²) < 4.78 is 306. The molecule has 0 aromatic carbocycles. The highest BCUT2D eigenvalue weighted by atomic mass is 32.3. The van der Waals surface area contributed by atoms with Gasteiger partial charge < -0.3 is 0 Å². The average molecular weight is 644 g/mol. The van der Waals surface area contributed by atoms with Crippen LogP contribution >= 0.6 is 0 Å². The fourth-order valence-corrected chi connectivity index (χ4v) is 2.32. The van der Waals surface area contributed by atoms with Crippen molar-refractivity contribution in [3.63, 3.8) is 0 Å². The largest absolute Gasteiger partial charge is 0.460 e. The zero-order valence-corrected chi connectivity index (χ0v) is 17.2. The topological polar surface area (TPSA) is 63.6 Å². The lowest BCUT2D eigenvalue weighted by atomic mass is 9.86. The Kier molecular flexibility index (Phi) is 8.83. The van der Waals surface area contributed by atoms with Gasteiger partial charge in [0.2, 0.25) is 0 Å². The molecule has 0 saturated heterocycles. The van der Waals surface area contributed by atoms with Crippen LogP contribution in [0.25, 0.3) is 0 Å². The number of hydrogen-bond donors (Lipinski definition) is 1. The molecule has 0 atom stereocenters. The molecule has 38 heavy (non-hydrogen) atoms. The molecule has 0 radical (unpaired) electrons. The van der Waals surface area contributed by atoms with Gasteiger partial charge >= 0.3 is 69.9 Å². The van der Waals surface area contributed by atoms with Crippen molar-refractivity contribution in [2.45, 2.75) is 65.9 Å². The lowest BCUT2D eigenvalue weighted by Crippen LogP contribution is -2.76. The second kappa shape index (κ2) is 9.22. The smallest absolute Gasteiger partial charge is 0.264 e. The molecule has 0 spiro atoms. The van der Waals surface area contributed by atoms with Crippen molar-refractivity contribution in [1.82, 2.24) is 0 Å². The van der Waals surface area contributed by atoms with E-state index >= 15 is 0 Å². The van der Waals surface area contributed by atoms with Crippen molar-refractivity contribution >= 4 is 10.4 Å². The second-order valence-corrected chi connectivity index (χ2v) is 7.89. The van der Waals surface area contributed by atoms with Gasteiger partial charge in [0.15, 0.2) is 0 Å². The molecule has 0 aromatic heterocycles. The van der Waals surface area contributed by atoms with Crippen LogP contribution in [-0.4, -0.2) is 79.1 Å². The fourth-order valence-electron chi connectivity index (χ4n) is 2.02. The van der Waals surface area contributed by atoms with Gasteiger partial charge in [0.1, 0.15) is 0 Å². The van der Waals surface area contributed by atoms with Crippen LogP contribution in [0.15, 0.2) is 0 Å². The van der Waals surface area contributed by atoms with Crippen molar-refractivity contribution in [2.24, 2.45) is 0 Å². The highest BCUT2D eigenvalue weighted by Crippen LogP contribution is 2.66. The third kappa shape index (κ3) is 5.02. The molecule has 0 saturated carbocycles. The van der Waals surface area contributed by atoms with Gasteiger partial charge in [-0.25, -0.2) is 4.18 Å².